The first-order chi connectivity index (χ1) is 12.8. The second kappa shape index (κ2) is 9.12. The molecule has 0 bridgehead atoms. The van der Waals surface area contributed by atoms with E-state index in [2.05, 4.69) is 12.2 Å². The summed E-state index contributed by atoms with van der Waals surface area (Å²) in [5.41, 5.74) is 3.23. The lowest BCUT2D eigenvalue weighted by Gasteiger charge is -2.19. The van der Waals surface area contributed by atoms with E-state index >= 15 is 0 Å². The molecule has 146 valence electrons. The van der Waals surface area contributed by atoms with Gasteiger partial charge in [-0.3, -0.25) is 4.79 Å². The topological polar surface area (TPSA) is 86.7 Å². The summed E-state index contributed by atoms with van der Waals surface area (Å²) in [7, 11) is -3.76. The third-order valence-corrected chi connectivity index (χ3v) is 6.39. The minimum Gasteiger partial charge on any atom is -0.395 e. The molecule has 0 saturated heterocycles. The van der Waals surface area contributed by atoms with Crippen LogP contribution in [0.1, 0.15) is 35.3 Å². The molecule has 0 unspecified atom stereocenters. The van der Waals surface area contributed by atoms with Gasteiger partial charge >= 0.3 is 0 Å². The molecule has 27 heavy (non-hydrogen) atoms. The maximum atomic E-state index is 12.7. The molecule has 0 atom stereocenters. The minimum absolute atomic E-state index is 0.0122. The number of carbonyl (C=O) groups is 1. The first-order valence-corrected chi connectivity index (χ1v) is 10.4. The number of aliphatic hydroxyl groups is 1. The summed E-state index contributed by atoms with van der Waals surface area (Å²) in [6.07, 6.45) is 0.918. The molecule has 7 heteroatoms. The van der Waals surface area contributed by atoms with Crippen molar-refractivity contribution < 1.29 is 18.3 Å². The fourth-order valence-corrected chi connectivity index (χ4v) is 4.37. The second-order valence-electron chi connectivity index (χ2n) is 6.20. The van der Waals surface area contributed by atoms with Crippen LogP contribution in [-0.2, 0) is 16.4 Å². The van der Waals surface area contributed by atoms with Crippen molar-refractivity contribution in [2.24, 2.45) is 0 Å². The van der Waals surface area contributed by atoms with Crippen molar-refractivity contribution in [2.75, 3.05) is 25.0 Å². The molecule has 0 spiro atoms. The highest BCUT2D eigenvalue weighted by molar-refractivity contribution is 7.89. The highest BCUT2D eigenvalue weighted by Crippen LogP contribution is 2.19. The summed E-state index contributed by atoms with van der Waals surface area (Å²) in [5.74, 6) is -0.374. The summed E-state index contributed by atoms with van der Waals surface area (Å²) in [5, 5.41) is 11.9. The molecule has 2 rings (SSSR count). The summed E-state index contributed by atoms with van der Waals surface area (Å²) in [4.78, 5) is 12.6. The predicted octanol–water partition coefficient (Wildman–Crippen LogP) is 2.81. The number of aryl methyl sites for hydroxylation is 2. The standard InChI is InChI=1S/C20H26N2O4S/c1-4-16-9-10-18(13-15(16)3)21-20(24)17-7-6-8-19(14-17)27(25,26)22(5-2)11-12-23/h6-10,13-14,23H,4-5,11-12H2,1-3H3,(H,21,24). The number of aliphatic hydroxyl groups excluding tert-OH is 1. The fraction of sp³-hybridized carbons (Fsp3) is 0.350. The van der Waals surface area contributed by atoms with E-state index in [4.69, 9.17) is 5.11 Å². The smallest absolute Gasteiger partial charge is 0.255 e. The Morgan fingerprint density at radius 1 is 1.15 bits per heavy atom. The zero-order chi connectivity index (χ0) is 20.0. The number of rotatable bonds is 8. The predicted molar refractivity (Wildman–Crippen MR) is 106 cm³/mol. The maximum Gasteiger partial charge on any atom is 0.255 e. The SMILES string of the molecule is CCc1ccc(NC(=O)c2cccc(S(=O)(=O)N(CC)CCO)c2)cc1C. The lowest BCUT2D eigenvalue weighted by molar-refractivity contribution is 0.102. The summed E-state index contributed by atoms with van der Waals surface area (Å²) < 4.78 is 26.5. The van der Waals surface area contributed by atoms with Gasteiger partial charge in [0.1, 0.15) is 0 Å². The van der Waals surface area contributed by atoms with E-state index in [1.54, 1.807) is 19.1 Å². The molecule has 6 nitrogen and oxygen atoms in total. The Balaban J connectivity index is 2.26. The van der Waals surface area contributed by atoms with Gasteiger partial charge in [0, 0.05) is 24.3 Å². The van der Waals surface area contributed by atoms with Gasteiger partial charge in [-0.25, -0.2) is 8.42 Å². The first-order valence-electron chi connectivity index (χ1n) is 8.95. The van der Waals surface area contributed by atoms with E-state index < -0.39 is 10.0 Å². The van der Waals surface area contributed by atoms with Gasteiger partial charge in [0.05, 0.1) is 11.5 Å². The minimum atomic E-state index is -3.76. The van der Waals surface area contributed by atoms with E-state index in [0.717, 1.165) is 12.0 Å². The van der Waals surface area contributed by atoms with E-state index in [-0.39, 0.29) is 36.1 Å². The lowest BCUT2D eigenvalue weighted by Crippen LogP contribution is -2.33. The highest BCUT2D eigenvalue weighted by Gasteiger charge is 2.23. The van der Waals surface area contributed by atoms with E-state index in [1.807, 2.05) is 25.1 Å². The fourth-order valence-electron chi connectivity index (χ4n) is 2.88. The quantitative estimate of drug-likeness (QED) is 0.726. The second-order valence-corrected chi connectivity index (χ2v) is 8.14. The van der Waals surface area contributed by atoms with E-state index in [9.17, 15) is 13.2 Å². The average Bonchev–Trinajstić information content (AvgIpc) is 2.66. The Hall–Kier alpha value is -2.22. The lowest BCUT2D eigenvalue weighted by atomic mass is 10.1. The molecule has 0 aliphatic heterocycles. The van der Waals surface area contributed by atoms with Gasteiger partial charge in [-0.2, -0.15) is 4.31 Å². The number of nitrogens with zero attached hydrogens (tertiary/aromatic N) is 1. The van der Waals surface area contributed by atoms with Gasteiger partial charge in [0.2, 0.25) is 10.0 Å². The maximum absolute atomic E-state index is 12.7. The Bertz CT molecular complexity index is 910. The number of sulfonamides is 1. The van der Waals surface area contributed by atoms with Gasteiger partial charge < -0.3 is 10.4 Å². The molecule has 0 fully saturated rings. The van der Waals surface area contributed by atoms with Crippen LogP contribution < -0.4 is 5.32 Å². The molecule has 0 saturated carbocycles. The zero-order valence-corrected chi connectivity index (χ0v) is 16.7. The highest BCUT2D eigenvalue weighted by atomic mass is 32.2. The van der Waals surface area contributed by atoms with Gasteiger partial charge in [-0.1, -0.05) is 26.0 Å². The van der Waals surface area contributed by atoms with Crippen molar-refractivity contribution in [2.45, 2.75) is 32.1 Å². The van der Waals surface area contributed by atoms with Crippen molar-refractivity contribution in [3.05, 3.63) is 59.2 Å². The van der Waals surface area contributed by atoms with Crippen molar-refractivity contribution in [3.63, 3.8) is 0 Å². The van der Waals surface area contributed by atoms with Crippen LogP contribution in [-0.4, -0.2) is 43.4 Å². The third-order valence-electron chi connectivity index (χ3n) is 4.42. The monoisotopic (exact) mass is 390 g/mol. The average molecular weight is 391 g/mol. The van der Waals surface area contributed by atoms with Crippen molar-refractivity contribution in [1.29, 1.82) is 0 Å². The molecule has 1 amide bonds. The van der Waals surface area contributed by atoms with Gasteiger partial charge in [0.15, 0.2) is 0 Å². The van der Waals surface area contributed by atoms with Gasteiger partial charge in [0.25, 0.3) is 5.91 Å². The number of amides is 1. The summed E-state index contributed by atoms with van der Waals surface area (Å²) >= 11 is 0. The van der Waals surface area contributed by atoms with Gasteiger partial charge in [-0.15, -0.1) is 0 Å². The Kier molecular flexibility index (Phi) is 7.12. The normalized spacial score (nSPS) is 11.6. The number of hydrogen-bond acceptors (Lipinski definition) is 4. The van der Waals surface area contributed by atoms with E-state index in [1.165, 1.54) is 22.0 Å². The summed E-state index contributed by atoms with van der Waals surface area (Å²) in [6.45, 7) is 5.75. The van der Waals surface area contributed by atoms with Crippen LogP contribution >= 0.6 is 0 Å². The Morgan fingerprint density at radius 2 is 1.89 bits per heavy atom. The van der Waals surface area contributed by atoms with Crippen LogP contribution in [0.3, 0.4) is 0 Å². The summed E-state index contributed by atoms with van der Waals surface area (Å²) in [6, 6.07) is 11.6. The number of nitrogens with one attached hydrogen (secondary N) is 1. The molecule has 2 N–H and O–H groups in total. The first kappa shape index (κ1) is 21.1. The third kappa shape index (κ3) is 4.94. The zero-order valence-electron chi connectivity index (χ0n) is 15.9. The van der Waals surface area contributed by atoms with Crippen LogP contribution in [0.2, 0.25) is 0 Å². The number of hydrogen-bond donors (Lipinski definition) is 2. The van der Waals surface area contributed by atoms with Crippen LogP contribution in [0.5, 0.6) is 0 Å². The molecule has 0 aliphatic carbocycles. The van der Waals surface area contributed by atoms with Crippen molar-refractivity contribution >= 4 is 21.6 Å². The number of carbonyl (C=O) groups excluding carboxylic acids is 1. The number of anilines is 1. The molecule has 0 heterocycles. The number of benzene rings is 2. The van der Waals surface area contributed by atoms with Crippen LogP contribution in [0.4, 0.5) is 5.69 Å². The van der Waals surface area contributed by atoms with Crippen molar-refractivity contribution in [1.82, 2.24) is 4.31 Å². The van der Waals surface area contributed by atoms with Crippen LogP contribution in [0.15, 0.2) is 47.4 Å². The molecule has 2 aromatic rings. The largest absolute Gasteiger partial charge is 0.395 e. The Labute approximate surface area is 160 Å². The van der Waals surface area contributed by atoms with E-state index in [0.29, 0.717) is 5.69 Å². The van der Waals surface area contributed by atoms with Crippen LogP contribution in [0, 0.1) is 6.92 Å². The van der Waals surface area contributed by atoms with Crippen molar-refractivity contribution in [3.8, 4) is 0 Å². The number of likely N-dealkylation sites (N-methyl/N-ethyl adjacent to an activating group) is 1. The molecular formula is C20H26N2O4S. The van der Waals surface area contributed by atoms with Crippen LogP contribution in [0.25, 0.3) is 0 Å². The van der Waals surface area contributed by atoms with Gasteiger partial charge in [-0.05, 0) is 54.8 Å². The molecule has 0 aromatic heterocycles. The Morgan fingerprint density at radius 3 is 2.48 bits per heavy atom. The molecular weight excluding hydrogens is 364 g/mol. The molecule has 0 radical (unpaired) electrons. The molecule has 0 aliphatic rings. The molecule has 2 aromatic carbocycles.